The molecule has 3 rings (SSSR count). The van der Waals surface area contributed by atoms with Crippen LogP contribution in [0.1, 0.15) is 13.3 Å². The Hall–Kier alpha value is -2.46. The third kappa shape index (κ3) is 6.04. The molecule has 0 radical (unpaired) electrons. The standard InChI is InChI=1S/C19H20Cl2F3N5O2/c1-11-10-29(14-7-17(30-2)26-9-13(14)20)6-5-15(11)31-16-4-3-12(8-25-16)27-28-18(21)19(22,23)24/h3-4,7-9,11,15,27H,5-6,10H2,1-2H3/b28-18-. The van der Waals surface area contributed by atoms with Crippen molar-refractivity contribution in [2.75, 3.05) is 30.5 Å². The number of methoxy groups -OCH3 is 1. The van der Waals surface area contributed by atoms with Crippen LogP contribution < -0.4 is 19.8 Å². The number of ether oxygens (including phenoxy) is 2. The number of rotatable bonds is 6. The highest BCUT2D eigenvalue weighted by molar-refractivity contribution is 6.66. The van der Waals surface area contributed by atoms with Crippen molar-refractivity contribution in [3.63, 3.8) is 0 Å². The Balaban J connectivity index is 1.58. The minimum absolute atomic E-state index is 0.0808. The predicted octanol–water partition coefficient (Wildman–Crippen LogP) is 4.96. The highest BCUT2D eigenvalue weighted by Gasteiger charge is 2.34. The molecule has 3 heterocycles. The molecule has 1 saturated heterocycles. The molecule has 1 N–H and O–H groups in total. The van der Waals surface area contributed by atoms with Gasteiger partial charge in [-0.05, 0) is 6.07 Å². The highest BCUT2D eigenvalue weighted by atomic mass is 35.5. The lowest BCUT2D eigenvalue weighted by atomic mass is 9.96. The molecule has 12 heteroatoms. The zero-order valence-corrected chi connectivity index (χ0v) is 18.2. The number of alkyl halides is 3. The summed E-state index contributed by atoms with van der Waals surface area (Å²) in [4.78, 5) is 10.4. The molecule has 168 valence electrons. The maximum Gasteiger partial charge on any atom is 0.446 e. The van der Waals surface area contributed by atoms with Crippen LogP contribution in [0.4, 0.5) is 24.5 Å². The van der Waals surface area contributed by atoms with E-state index in [0.29, 0.717) is 29.9 Å². The molecule has 0 amide bonds. The molecule has 2 aromatic rings. The Labute approximate surface area is 187 Å². The van der Waals surface area contributed by atoms with Crippen molar-refractivity contribution in [1.29, 1.82) is 0 Å². The van der Waals surface area contributed by atoms with E-state index >= 15 is 0 Å². The molecule has 2 unspecified atom stereocenters. The van der Waals surface area contributed by atoms with Gasteiger partial charge in [0, 0.05) is 37.6 Å². The lowest BCUT2D eigenvalue weighted by Crippen LogP contribution is -2.44. The SMILES string of the molecule is COc1cc(N2CCC(Oc3ccc(N/N=C(\Cl)C(F)(F)F)cn3)C(C)C2)c(Cl)cn1. The number of hydrazone groups is 1. The van der Waals surface area contributed by atoms with Gasteiger partial charge in [0.2, 0.25) is 16.9 Å². The van der Waals surface area contributed by atoms with E-state index in [1.54, 1.807) is 25.4 Å². The Morgan fingerprint density at radius 2 is 2.00 bits per heavy atom. The van der Waals surface area contributed by atoms with E-state index in [9.17, 15) is 13.2 Å². The van der Waals surface area contributed by atoms with Crippen LogP contribution in [0.15, 0.2) is 35.7 Å². The van der Waals surface area contributed by atoms with E-state index in [4.69, 9.17) is 32.7 Å². The summed E-state index contributed by atoms with van der Waals surface area (Å²) in [6.45, 7) is 3.49. The Morgan fingerprint density at radius 3 is 2.61 bits per heavy atom. The number of hydrogen-bond donors (Lipinski definition) is 1. The first-order valence-corrected chi connectivity index (χ1v) is 10.1. The minimum Gasteiger partial charge on any atom is -0.481 e. The number of hydrogen-bond acceptors (Lipinski definition) is 7. The van der Waals surface area contributed by atoms with E-state index in [-0.39, 0.29) is 17.7 Å². The monoisotopic (exact) mass is 477 g/mol. The number of piperidine rings is 1. The third-order valence-electron chi connectivity index (χ3n) is 4.71. The molecular formula is C19H20Cl2F3N5O2. The molecule has 0 aliphatic carbocycles. The minimum atomic E-state index is -4.71. The Kier molecular flexibility index (Phi) is 7.32. The molecule has 1 fully saturated rings. The van der Waals surface area contributed by atoms with Gasteiger partial charge in [-0.2, -0.15) is 18.3 Å². The molecule has 7 nitrogen and oxygen atoms in total. The van der Waals surface area contributed by atoms with Crippen molar-refractivity contribution in [3.05, 3.63) is 35.6 Å². The summed E-state index contributed by atoms with van der Waals surface area (Å²) >= 11 is 11.4. The van der Waals surface area contributed by atoms with E-state index in [1.807, 2.05) is 0 Å². The van der Waals surface area contributed by atoms with Crippen LogP contribution in [-0.2, 0) is 0 Å². The highest BCUT2D eigenvalue weighted by Crippen LogP contribution is 2.32. The summed E-state index contributed by atoms with van der Waals surface area (Å²) in [7, 11) is 1.55. The average molecular weight is 478 g/mol. The van der Waals surface area contributed by atoms with Gasteiger partial charge in [0.1, 0.15) is 6.10 Å². The fourth-order valence-electron chi connectivity index (χ4n) is 3.13. The van der Waals surface area contributed by atoms with Crippen molar-refractivity contribution in [3.8, 4) is 11.8 Å². The fraction of sp³-hybridized carbons (Fsp3) is 0.421. The van der Waals surface area contributed by atoms with E-state index in [0.717, 1.165) is 12.1 Å². The van der Waals surface area contributed by atoms with Gasteiger partial charge in [-0.3, -0.25) is 5.43 Å². The largest absolute Gasteiger partial charge is 0.481 e. The molecule has 0 spiro atoms. The van der Waals surface area contributed by atoms with Gasteiger partial charge < -0.3 is 14.4 Å². The number of anilines is 2. The van der Waals surface area contributed by atoms with Crippen LogP contribution in [0.25, 0.3) is 0 Å². The Morgan fingerprint density at radius 1 is 1.26 bits per heavy atom. The molecule has 1 aliphatic rings. The predicted molar refractivity (Wildman–Crippen MR) is 113 cm³/mol. The Bertz CT molecular complexity index is 928. The second kappa shape index (κ2) is 9.78. The zero-order valence-electron chi connectivity index (χ0n) is 16.7. The summed E-state index contributed by atoms with van der Waals surface area (Å²) in [5.41, 5.74) is 3.31. The zero-order chi connectivity index (χ0) is 22.6. The van der Waals surface area contributed by atoms with Crippen LogP contribution in [-0.4, -0.2) is 47.6 Å². The molecule has 1 aliphatic heterocycles. The maximum atomic E-state index is 12.4. The van der Waals surface area contributed by atoms with Gasteiger partial charge in [-0.15, -0.1) is 0 Å². The van der Waals surface area contributed by atoms with Crippen LogP contribution in [0, 0.1) is 5.92 Å². The van der Waals surface area contributed by atoms with Gasteiger partial charge in [0.15, 0.2) is 0 Å². The number of nitrogens with zero attached hydrogens (tertiary/aromatic N) is 4. The second-order valence-corrected chi connectivity index (χ2v) is 7.71. The van der Waals surface area contributed by atoms with Crippen molar-refractivity contribution < 1.29 is 22.6 Å². The second-order valence-electron chi connectivity index (χ2n) is 6.94. The summed E-state index contributed by atoms with van der Waals surface area (Å²) < 4.78 is 48.2. The number of nitrogens with one attached hydrogen (secondary N) is 1. The molecule has 2 atom stereocenters. The van der Waals surface area contributed by atoms with Crippen molar-refractivity contribution in [2.24, 2.45) is 11.0 Å². The molecule has 31 heavy (non-hydrogen) atoms. The molecule has 0 aromatic carbocycles. The number of halogens is 5. The van der Waals surface area contributed by atoms with Crippen LogP contribution >= 0.6 is 23.2 Å². The smallest absolute Gasteiger partial charge is 0.446 e. The van der Waals surface area contributed by atoms with Gasteiger partial charge in [-0.1, -0.05) is 30.1 Å². The van der Waals surface area contributed by atoms with Gasteiger partial charge in [-0.25, -0.2) is 9.97 Å². The lowest BCUT2D eigenvalue weighted by Gasteiger charge is -2.38. The van der Waals surface area contributed by atoms with E-state index in [1.165, 1.54) is 12.3 Å². The first-order valence-electron chi connectivity index (χ1n) is 9.31. The average Bonchev–Trinajstić information content (AvgIpc) is 2.74. The first-order chi connectivity index (χ1) is 14.7. The van der Waals surface area contributed by atoms with Gasteiger partial charge >= 0.3 is 6.18 Å². The summed E-state index contributed by atoms with van der Waals surface area (Å²) in [6.07, 6.45) is -1.17. The molecule has 0 saturated carbocycles. The normalized spacial score (nSPS) is 19.8. The van der Waals surface area contributed by atoms with Crippen molar-refractivity contribution in [2.45, 2.75) is 25.6 Å². The van der Waals surface area contributed by atoms with Crippen LogP contribution in [0.5, 0.6) is 11.8 Å². The molecule has 2 aromatic heterocycles. The summed E-state index contributed by atoms with van der Waals surface area (Å²) in [5.74, 6) is 1.02. The van der Waals surface area contributed by atoms with E-state index < -0.39 is 11.3 Å². The first kappa shape index (κ1) is 23.2. The van der Waals surface area contributed by atoms with E-state index in [2.05, 4.69) is 32.3 Å². The molecular weight excluding hydrogens is 458 g/mol. The van der Waals surface area contributed by atoms with Gasteiger partial charge in [0.25, 0.3) is 0 Å². The van der Waals surface area contributed by atoms with Crippen molar-refractivity contribution in [1.82, 2.24) is 9.97 Å². The molecule has 0 bridgehead atoms. The third-order valence-corrected chi connectivity index (χ3v) is 5.30. The number of aromatic nitrogens is 2. The topological polar surface area (TPSA) is 71.9 Å². The van der Waals surface area contributed by atoms with Crippen LogP contribution in [0.2, 0.25) is 5.02 Å². The maximum absolute atomic E-state index is 12.4. The van der Waals surface area contributed by atoms with Crippen molar-refractivity contribution >= 4 is 39.7 Å². The van der Waals surface area contributed by atoms with Gasteiger partial charge in [0.05, 0.1) is 35.9 Å². The van der Waals surface area contributed by atoms with Crippen LogP contribution in [0.3, 0.4) is 0 Å². The summed E-state index contributed by atoms with van der Waals surface area (Å²) in [5, 5.41) is 2.12. The fourth-order valence-corrected chi connectivity index (χ4v) is 3.39. The quantitative estimate of drug-likeness (QED) is 0.468. The summed E-state index contributed by atoms with van der Waals surface area (Å²) in [6, 6.07) is 4.87. The number of pyridine rings is 2. The lowest BCUT2D eigenvalue weighted by molar-refractivity contribution is -0.0559.